The molecule has 12 nitrogen and oxygen atoms in total. The molecule has 0 atom stereocenters. The van der Waals surface area contributed by atoms with Crippen molar-refractivity contribution in [3.63, 3.8) is 0 Å². The van der Waals surface area contributed by atoms with E-state index in [-0.39, 0.29) is 45.1 Å². The molecule has 1 aliphatic carbocycles. The van der Waals surface area contributed by atoms with Crippen LogP contribution < -0.4 is 19.5 Å². The molecule has 0 radical (unpaired) electrons. The minimum atomic E-state index is -3.77. The van der Waals surface area contributed by atoms with Crippen molar-refractivity contribution in [2.75, 3.05) is 37.5 Å². The summed E-state index contributed by atoms with van der Waals surface area (Å²) in [5.41, 5.74) is 1.26. The molecular formula is C37H41N4O8S3+. The molecule has 2 amide bonds. The van der Waals surface area contributed by atoms with Gasteiger partial charge in [0.25, 0.3) is 10.9 Å². The molecule has 0 bridgehead atoms. The fourth-order valence-corrected chi connectivity index (χ4v) is 8.65. The largest absolute Gasteiger partial charge is 0.465 e. The molecule has 5 rings (SSSR count). The van der Waals surface area contributed by atoms with Gasteiger partial charge in [-0.15, -0.1) is 0 Å². The summed E-state index contributed by atoms with van der Waals surface area (Å²) >= 11 is 2.92. The number of allylic oxidation sites excluding steroid dienone is 6. The summed E-state index contributed by atoms with van der Waals surface area (Å²) in [5.74, 6) is -2.21. The van der Waals surface area contributed by atoms with Gasteiger partial charge >= 0.3 is 11.9 Å². The average Bonchev–Trinajstić information content (AvgIpc) is 3.62. The number of sulfonamides is 1. The van der Waals surface area contributed by atoms with E-state index in [2.05, 4.69) is 5.32 Å². The van der Waals surface area contributed by atoms with E-state index in [4.69, 9.17) is 9.47 Å². The number of fused-ring (bicyclic) bond motifs is 2. The smallest absolute Gasteiger partial charge is 0.324 e. The van der Waals surface area contributed by atoms with Gasteiger partial charge in [0.05, 0.1) is 30.2 Å². The number of anilines is 1. The van der Waals surface area contributed by atoms with E-state index in [1.54, 1.807) is 30.6 Å². The van der Waals surface area contributed by atoms with Gasteiger partial charge < -0.3 is 19.7 Å². The van der Waals surface area contributed by atoms with Gasteiger partial charge in [-0.3, -0.25) is 19.2 Å². The number of ether oxygens (including phenoxy) is 2. The van der Waals surface area contributed by atoms with Crippen LogP contribution in [0.25, 0.3) is 16.3 Å². The predicted octanol–water partition coefficient (Wildman–Crippen LogP) is 4.63. The van der Waals surface area contributed by atoms with Crippen LogP contribution in [0.4, 0.5) is 5.69 Å². The lowest BCUT2D eigenvalue weighted by Crippen LogP contribution is -2.45. The number of carbonyl (C=O) groups is 4. The van der Waals surface area contributed by atoms with E-state index < -0.39 is 33.3 Å². The SMILES string of the molecule is CCNC(=O)CN1/C(=C/C=C2C=C(/C=C/c3sc4ccccc4[n+]3CC(=O)NS(C)(=O)=O)CC(C(=O)OCC)(C(=O)OCC)C\2)Sc2ccccc21. The quantitative estimate of drug-likeness (QED) is 0.143. The van der Waals surface area contributed by atoms with Crippen molar-refractivity contribution < 1.29 is 41.6 Å². The molecule has 1 aliphatic heterocycles. The molecule has 274 valence electrons. The maximum Gasteiger partial charge on any atom is 0.324 e. The van der Waals surface area contributed by atoms with E-state index in [9.17, 15) is 27.6 Å². The Morgan fingerprint density at radius 3 is 2.31 bits per heavy atom. The molecule has 3 aromatic rings. The van der Waals surface area contributed by atoms with E-state index in [0.29, 0.717) is 22.7 Å². The van der Waals surface area contributed by atoms with Gasteiger partial charge in [0.15, 0.2) is 5.41 Å². The average molecular weight is 766 g/mol. The van der Waals surface area contributed by atoms with Crippen LogP contribution in [-0.4, -0.2) is 64.7 Å². The highest BCUT2D eigenvalue weighted by molar-refractivity contribution is 8.03. The minimum absolute atomic E-state index is 0.00194. The second kappa shape index (κ2) is 16.7. The molecule has 52 heavy (non-hydrogen) atoms. The third-order valence-corrected chi connectivity index (χ3v) is 11.0. The first kappa shape index (κ1) is 38.5. The van der Waals surface area contributed by atoms with E-state index in [1.807, 2.05) is 83.3 Å². The van der Waals surface area contributed by atoms with Gasteiger partial charge in [0, 0.05) is 23.6 Å². The zero-order valence-corrected chi connectivity index (χ0v) is 31.8. The molecule has 0 fully saturated rings. The number of hydrogen-bond acceptors (Lipinski definition) is 11. The highest BCUT2D eigenvalue weighted by Crippen LogP contribution is 2.46. The Bertz CT molecular complexity index is 2100. The summed E-state index contributed by atoms with van der Waals surface area (Å²) in [4.78, 5) is 55.7. The number of rotatable bonds is 13. The number of amides is 2. The summed E-state index contributed by atoms with van der Waals surface area (Å²) in [6.07, 6.45) is 10.1. The normalized spacial score (nSPS) is 16.9. The monoisotopic (exact) mass is 765 g/mol. The number of benzene rings is 2. The number of nitrogens with one attached hydrogen (secondary N) is 2. The van der Waals surface area contributed by atoms with Crippen LogP contribution in [0, 0.1) is 5.41 Å². The molecule has 0 saturated carbocycles. The van der Waals surface area contributed by atoms with Crippen LogP contribution in [-0.2, 0) is 45.2 Å². The summed E-state index contributed by atoms with van der Waals surface area (Å²) in [7, 11) is -3.77. The Labute approximate surface area is 311 Å². The lowest BCUT2D eigenvalue weighted by Gasteiger charge is -2.33. The van der Waals surface area contributed by atoms with Crippen molar-refractivity contribution in [2.45, 2.75) is 45.1 Å². The highest BCUT2D eigenvalue weighted by atomic mass is 32.2. The van der Waals surface area contributed by atoms with Gasteiger partial charge in [-0.25, -0.2) is 13.1 Å². The van der Waals surface area contributed by atoms with Crippen LogP contribution in [0.15, 0.2) is 93.9 Å². The van der Waals surface area contributed by atoms with Gasteiger partial charge in [-0.1, -0.05) is 65.6 Å². The van der Waals surface area contributed by atoms with Gasteiger partial charge in [0.1, 0.15) is 11.2 Å². The number of carbonyl (C=O) groups excluding carboxylic acids is 4. The topological polar surface area (TPSA) is 152 Å². The van der Waals surface area contributed by atoms with Crippen molar-refractivity contribution in [1.82, 2.24) is 10.0 Å². The predicted molar refractivity (Wildman–Crippen MR) is 202 cm³/mol. The van der Waals surface area contributed by atoms with Crippen LogP contribution in [0.1, 0.15) is 38.6 Å². The molecule has 1 aromatic heterocycles. The first-order chi connectivity index (χ1) is 24.9. The third-order valence-electron chi connectivity index (χ3n) is 8.14. The summed E-state index contributed by atoms with van der Waals surface area (Å²) in [6.45, 7) is 5.72. The summed E-state index contributed by atoms with van der Waals surface area (Å²) in [5, 5.41) is 4.29. The fraction of sp³-hybridized carbons (Fsp3) is 0.324. The lowest BCUT2D eigenvalue weighted by molar-refractivity contribution is -0.655. The molecule has 2 aliphatic rings. The maximum absolute atomic E-state index is 13.7. The number of para-hydroxylation sites is 2. The number of thioether (sulfide) groups is 1. The summed E-state index contributed by atoms with van der Waals surface area (Å²) < 4.78 is 39.1. The van der Waals surface area contributed by atoms with Crippen LogP contribution in [0.5, 0.6) is 0 Å². The third kappa shape index (κ3) is 9.00. The standard InChI is InChI=1S/C37H40N4O8S3/c1-5-38-31(42)23-40-27-12-8-10-14-29(27)50-33(40)18-16-25-20-26(22-37(21-25,35(44)48-6-2)36(45)49-7-3)17-19-34-41(24-32(43)39-52(4,46)47)28-13-9-11-15-30(28)51-34/h8-20H,5-7,21-24H2,1-4H3,(H-,38,39,42,43)/p+1. The van der Waals surface area contributed by atoms with Crippen molar-refractivity contribution in [3.05, 3.63) is 94.0 Å². The second-order valence-corrected chi connectivity index (χ2v) is 15.9. The fourth-order valence-electron chi connectivity index (χ4n) is 6.04. The number of aromatic nitrogens is 1. The number of likely N-dealkylation sites (N-methyl/N-ethyl adjacent to an activating group) is 1. The molecule has 0 unspecified atom stereocenters. The Balaban J connectivity index is 1.58. The Morgan fingerprint density at radius 2 is 1.62 bits per heavy atom. The Hall–Kier alpha value is -4.73. The first-order valence-corrected chi connectivity index (χ1v) is 20.3. The number of hydrogen-bond donors (Lipinski definition) is 2. The molecule has 0 saturated heterocycles. The van der Waals surface area contributed by atoms with E-state index in [1.165, 1.54) is 23.1 Å². The summed E-state index contributed by atoms with van der Waals surface area (Å²) in [6, 6.07) is 15.2. The van der Waals surface area contributed by atoms with Gasteiger partial charge in [0.2, 0.25) is 28.0 Å². The molecular weight excluding hydrogens is 725 g/mol. The van der Waals surface area contributed by atoms with Crippen LogP contribution >= 0.6 is 23.1 Å². The minimum Gasteiger partial charge on any atom is -0.465 e. The van der Waals surface area contributed by atoms with Crippen molar-refractivity contribution in [1.29, 1.82) is 0 Å². The Morgan fingerprint density at radius 1 is 0.923 bits per heavy atom. The zero-order chi connectivity index (χ0) is 37.5. The molecule has 2 heterocycles. The molecule has 2 aromatic carbocycles. The number of thiazole rings is 1. The highest BCUT2D eigenvalue weighted by Gasteiger charge is 2.51. The van der Waals surface area contributed by atoms with Gasteiger partial charge in [-0.2, -0.15) is 4.57 Å². The molecule has 2 N–H and O–H groups in total. The Kier molecular flexibility index (Phi) is 12.4. The van der Waals surface area contributed by atoms with Crippen molar-refractivity contribution >= 4 is 78.9 Å². The van der Waals surface area contributed by atoms with Gasteiger partial charge in [-0.05, 0) is 69.0 Å². The number of esters is 2. The maximum atomic E-state index is 13.7. The van der Waals surface area contributed by atoms with Crippen LogP contribution in [0.2, 0.25) is 0 Å². The molecule has 0 spiro atoms. The second-order valence-electron chi connectivity index (χ2n) is 12.1. The van der Waals surface area contributed by atoms with Crippen molar-refractivity contribution in [2.24, 2.45) is 5.41 Å². The lowest BCUT2D eigenvalue weighted by atomic mass is 9.71. The van der Waals surface area contributed by atoms with E-state index in [0.717, 1.165) is 32.1 Å². The molecule has 15 heteroatoms. The first-order valence-electron chi connectivity index (χ1n) is 16.7. The zero-order valence-electron chi connectivity index (χ0n) is 29.3. The number of nitrogens with zero attached hydrogens (tertiary/aromatic N) is 2. The van der Waals surface area contributed by atoms with Crippen LogP contribution in [0.3, 0.4) is 0 Å². The van der Waals surface area contributed by atoms with Crippen molar-refractivity contribution in [3.8, 4) is 0 Å². The van der Waals surface area contributed by atoms with E-state index >= 15 is 0 Å².